The maximum absolute atomic E-state index is 8.47. The van der Waals surface area contributed by atoms with Gasteiger partial charge in [0.2, 0.25) is 0 Å². The van der Waals surface area contributed by atoms with Crippen LogP contribution in [0.2, 0.25) is 0 Å². The Morgan fingerprint density at radius 1 is 1.04 bits per heavy atom. The third-order valence-electron chi connectivity index (χ3n) is 3.99. The Labute approximate surface area is 139 Å². The summed E-state index contributed by atoms with van der Waals surface area (Å²) in [7, 11) is 0. The van der Waals surface area contributed by atoms with E-state index in [0.717, 1.165) is 29.9 Å². The molecule has 0 bridgehead atoms. The van der Waals surface area contributed by atoms with Gasteiger partial charge in [-0.2, -0.15) is 0 Å². The molecule has 1 aromatic carbocycles. The molecule has 0 radical (unpaired) electrons. The van der Waals surface area contributed by atoms with Crippen molar-refractivity contribution in [2.75, 3.05) is 11.9 Å². The van der Waals surface area contributed by atoms with Crippen LogP contribution in [0.15, 0.2) is 42.6 Å². The Morgan fingerprint density at radius 3 is 2.52 bits per heavy atom. The van der Waals surface area contributed by atoms with E-state index in [1.165, 1.54) is 31.2 Å². The Balaban J connectivity index is 1.99. The lowest BCUT2D eigenvalue weighted by Crippen LogP contribution is -2.10. The zero-order chi connectivity index (χ0) is 16.5. The van der Waals surface area contributed by atoms with Gasteiger partial charge in [-0.25, -0.2) is 4.98 Å². The summed E-state index contributed by atoms with van der Waals surface area (Å²) in [5.41, 5.74) is 3.52. The number of aromatic nitrogens is 1. The van der Waals surface area contributed by atoms with Crippen molar-refractivity contribution in [3.8, 4) is 0 Å². The van der Waals surface area contributed by atoms with Gasteiger partial charge < -0.3 is 5.32 Å². The summed E-state index contributed by atoms with van der Waals surface area (Å²) < 4.78 is 0. The number of anilines is 1. The minimum absolute atomic E-state index is 0.520. The number of hydrogen-bond acceptors (Lipinski definition) is 3. The number of nitrogens with zero attached hydrogens (tertiary/aromatic N) is 1. The highest BCUT2D eigenvalue weighted by Crippen LogP contribution is 2.17. The highest BCUT2D eigenvalue weighted by atomic mass is 15.0. The smallest absolute Gasteiger partial charge is 0.135 e. The highest BCUT2D eigenvalue weighted by Gasteiger charge is 2.10. The lowest BCUT2D eigenvalue weighted by atomic mass is 10.0. The molecule has 3 heteroatoms. The predicted molar refractivity (Wildman–Crippen MR) is 98.6 cm³/mol. The van der Waals surface area contributed by atoms with Crippen molar-refractivity contribution >= 4 is 11.5 Å². The molecule has 0 unspecified atom stereocenters. The molecule has 0 fully saturated rings. The summed E-state index contributed by atoms with van der Waals surface area (Å²) in [6.07, 6.45) is 8.06. The van der Waals surface area contributed by atoms with Crippen molar-refractivity contribution in [1.29, 1.82) is 5.41 Å². The molecule has 0 atom stereocenters. The van der Waals surface area contributed by atoms with E-state index in [-0.39, 0.29) is 0 Å². The molecule has 23 heavy (non-hydrogen) atoms. The Bertz CT molecular complexity index is 617. The van der Waals surface area contributed by atoms with E-state index in [4.69, 9.17) is 5.41 Å². The molecule has 0 aliphatic heterocycles. The van der Waals surface area contributed by atoms with Gasteiger partial charge >= 0.3 is 0 Å². The van der Waals surface area contributed by atoms with Gasteiger partial charge in [0, 0.05) is 23.9 Å². The number of rotatable bonds is 9. The molecule has 0 aliphatic carbocycles. The minimum atomic E-state index is 0.520. The summed E-state index contributed by atoms with van der Waals surface area (Å²) in [6, 6.07) is 11.9. The molecule has 3 nitrogen and oxygen atoms in total. The maximum Gasteiger partial charge on any atom is 0.135 e. The first kappa shape index (κ1) is 17.2. The van der Waals surface area contributed by atoms with Crippen LogP contribution in [-0.4, -0.2) is 17.2 Å². The molecule has 122 valence electrons. The zero-order valence-electron chi connectivity index (χ0n) is 14.2. The van der Waals surface area contributed by atoms with E-state index in [0.29, 0.717) is 5.71 Å². The van der Waals surface area contributed by atoms with E-state index in [1.54, 1.807) is 6.20 Å². The van der Waals surface area contributed by atoms with Gasteiger partial charge in [0.15, 0.2) is 0 Å². The summed E-state index contributed by atoms with van der Waals surface area (Å²) >= 11 is 0. The number of aryl methyl sites for hydroxylation is 1. The molecular weight excluding hydrogens is 282 g/mol. The molecule has 2 N–H and O–H groups in total. The zero-order valence-corrected chi connectivity index (χ0v) is 14.2. The van der Waals surface area contributed by atoms with Crippen molar-refractivity contribution in [2.45, 2.75) is 46.0 Å². The van der Waals surface area contributed by atoms with Gasteiger partial charge in [-0.1, -0.05) is 62.4 Å². The second-order valence-electron chi connectivity index (χ2n) is 5.98. The van der Waals surface area contributed by atoms with Crippen LogP contribution in [0.4, 0.5) is 5.82 Å². The first-order valence-corrected chi connectivity index (χ1v) is 8.57. The third kappa shape index (κ3) is 5.20. The fraction of sp³-hybridized carbons (Fsp3) is 0.400. The van der Waals surface area contributed by atoms with E-state index in [9.17, 15) is 0 Å². The number of unbranched alkanes of at least 4 members (excludes halogenated alkanes) is 4. The first-order chi connectivity index (χ1) is 11.2. The van der Waals surface area contributed by atoms with Crippen LogP contribution in [0.25, 0.3) is 0 Å². The third-order valence-corrected chi connectivity index (χ3v) is 3.99. The lowest BCUT2D eigenvalue weighted by Gasteiger charge is -2.12. The number of hydrogen-bond donors (Lipinski definition) is 2. The van der Waals surface area contributed by atoms with Crippen LogP contribution >= 0.6 is 0 Å². The summed E-state index contributed by atoms with van der Waals surface area (Å²) in [5, 5.41) is 11.9. The molecule has 2 rings (SSSR count). The first-order valence-electron chi connectivity index (χ1n) is 8.57. The number of pyridine rings is 1. The van der Waals surface area contributed by atoms with Crippen molar-refractivity contribution in [3.63, 3.8) is 0 Å². The van der Waals surface area contributed by atoms with Crippen LogP contribution in [0.5, 0.6) is 0 Å². The Hall–Kier alpha value is -2.16. The van der Waals surface area contributed by atoms with E-state index < -0.39 is 0 Å². The molecule has 1 aromatic heterocycles. The van der Waals surface area contributed by atoms with Crippen molar-refractivity contribution in [2.24, 2.45) is 0 Å². The molecule has 0 amide bonds. The van der Waals surface area contributed by atoms with E-state index >= 15 is 0 Å². The van der Waals surface area contributed by atoms with Gasteiger partial charge in [0.1, 0.15) is 5.82 Å². The second-order valence-corrected chi connectivity index (χ2v) is 5.98. The molecule has 0 saturated carbocycles. The van der Waals surface area contributed by atoms with Crippen molar-refractivity contribution in [1.82, 2.24) is 4.98 Å². The van der Waals surface area contributed by atoms with E-state index in [2.05, 4.69) is 24.1 Å². The van der Waals surface area contributed by atoms with Crippen LogP contribution in [-0.2, 0) is 0 Å². The molecule has 1 heterocycles. The topological polar surface area (TPSA) is 48.8 Å². The number of nitrogens with one attached hydrogen (secondary N) is 2. The van der Waals surface area contributed by atoms with Gasteiger partial charge in [-0.3, -0.25) is 5.41 Å². The fourth-order valence-corrected chi connectivity index (χ4v) is 2.56. The van der Waals surface area contributed by atoms with Gasteiger partial charge in [-0.05, 0) is 25.5 Å². The molecule has 0 aliphatic rings. The van der Waals surface area contributed by atoms with E-state index in [1.807, 2.05) is 36.4 Å². The second kappa shape index (κ2) is 9.09. The monoisotopic (exact) mass is 309 g/mol. The van der Waals surface area contributed by atoms with Gasteiger partial charge in [0.25, 0.3) is 0 Å². The average Bonchev–Trinajstić information content (AvgIpc) is 2.58. The lowest BCUT2D eigenvalue weighted by molar-refractivity contribution is 0.645. The summed E-state index contributed by atoms with van der Waals surface area (Å²) in [5.74, 6) is 0.813. The summed E-state index contributed by atoms with van der Waals surface area (Å²) in [4.78, 5) is 4.42. The predicted octanol–water partition coefficient (Wildman–Crippen LogP) is 5.19. The fourth-order valence-electron chi connectivity index (χ4n) is 2.56. The van der Waals surface area contributed by atoms with Crippen LogP contribution in [0, 0.1) is 12.3 Å². The maximum atomic E-state index is 8.47. The largest absolute Gasteiger partial charge is 0.370 e. The normalized spacial score (nSPS) is 10.5. The minimum Gasteiger partial charge on any atom is -0.370 e. The van der Waals surface area contributed by atoms with Crippen molar-refractivity contribution < 1.29 is 0 Å². The van der Waals surface area contributed by atoms with Gasteiger partial charge in [0.05, 0.1) is 5.71 Å². The van der Waals surface area contributed by atoms with Crippen LogP contribution in [0.1, 0.15) is 55.7 Å². The Morgan fingerprint density at radius 2 is 1.78 bits per heavy atom. The SMILES string of the molecule is CCCCCCCNc1ncccc1C(=N)c1ccc(C)cc1. The Kier molecular flexibility index (Phi) is 6.79. The highest BCUT2D eigenvalue weighted by molar-refractivity contribution is 6.13. The van der Waals surface area contributed by atoms with Crippen LogP contribution < -0.4 is 5.32 Å². The molecule has 2 aromatic rings. The van der Waals surface area contributed by atoms with Crippen LogP contribution in [0.3, 0.4) is 0 Å². The molecule has 0 spiro atoms. The number of benzene rings is 1. The quantitative estimate of drug-likeness (QED) is 0.495. The summed E-state index contributed by atoms with van der Waals surface area (Å²) in [6.45, 7) is 5.20. The van der Waals surface area contributed by atoms with Crippen molar-refractivity contribution in [3.05, 3.63) is 59.3 Å². The van der Waals surface area contributed by atoms with Gasteiger partial charge in [-0.15, -0.1) is 0 Å². The molecule has 0 saturated heterocycles. The standard InChI is InChI=1S/C20H27N3/c1-3-4-5-6-7-14-22-20-18(9-8-15-23-20)19(21)17-12-10-16(2)11-13-17/h8-13,15,21H,3-7,14H2,1-2H3,(H,22,23). The molecular formula is C20H27N3. The average molecular weight is 309 g/mol.